The van der Waals surface area contributed by atoms with E-state index < -0.39 is 53.5 Å². The Morgan fingerprint density at radius 1 is 0.750 bits per heavy atom. The number of amides is 3. The molecule has 4 aromatic carbocycles. The summed E-state index contributed by atoms with van der Waals surface area (Å²) in [6, 6.07) is 33.2. The first kappa shape index (κ1) is 34.2. The van der Waals surface area contributed by atoms with Crippen LogP contribution < -0.4 is 10.6 Å². The number of thioether (sulfide) groups is 1. The number of carbonyl (C=O) groups excluding carboxylic acids is 3. The van der Waals surface area contributed by atoms with Gasteiger partial charge in [0.05, 0.1) is 6.04 Å². The quantitative estimate of drug-likeness (QED) is 0.165. The molecular formula is C37H37N3O7S. The average Bonchev–Trinajstić information content (AvgIpc) is 3.57. The van der Waals surface area contributed by atoms with E-state index in [-0.39, 0.29) is 25.2 Å². The highest BCUT2D eigenvalue weighted by Gasteiger charge is 2.45. The van der Waals surface area contributed by atoms with E-state index >= 15 is 0 Å². The standard InChI is InChI=1S/C37H37N3O7S/c41-32(36(44)45)29(21-25-13-5-1-6-14-25)38-33(42)31-24-48-35(28-19-11-4-12-20-28)40(31)34(43)30(22-26-15-7-2-8-16-26)39-37(46)47-23-27-17-9-3-10-18-27/h1-20,29-32,35,41H,21-24H2,(H,38,42)(H,39,46)(H,44,45)/t29-,30-,31-,32?,35?/m0/s1. The molecule has 0 bridgehead atoms. The number of nitrogens with zero attached hydrogens (tertiary/aromatic N) is 1. The van der Waals surface area contributed by atoms with E-state index in [1.807, 2.05) is 97.1 Å². The molecule has 0 radical (unpaired) electrons. The van der Waals surface area contributed by atoms with Gasteiger partial charge in [0.1, 0.15) is 24.1 Å². The second-order valence-electron chi connectivity index (χ2n) is 11.4. The number of aliphatic carboxylic acids is 1. The number of rotatable bonds is 13. The van der Waals surface area contributed by atoms with E-state index in [0.29, 0.717) is 0 Å². The fourth-order valence-electron chi connectivity index (χ4n) is 5.55. The molecule has 10 nitrogen and oxygen atoms in total. The molecule has 5 rings (SSSR count). The number of hydrogen-bond acceptors (Lipinski definition) is 7. The highest BCUT2D eigenvalue weighted by Crippen LogP contribution is 2.42. The summed E-state index contributed by atoms with van der Waals surface area (Å²) in [5.74, 6) is -2.39. The van der Waals surface area contributed by atoms with Crippen LogP contribution in [0.5, 0.6) is 0 Å². The van der Waals surface area contributed by atoms with Crippen LogP contribution in [0.3, 0.4) is 0 Å². The van der Waals surface area contributed by atoms with Crippen molar-refractivity contribution in [3.63, 3.8) is 0 Å². The van der Waals surface area contributed by atoms with Gasteiger partial charge in [-0.15, -0.1) is 11.8 Å². The second kappa shape index (κ2) is 16.6. The van der Waals surface area contributed by atoms with Gasteiger partial charge in [0.15, 0.2) is 6.10 Å². The predicted molar refractivity (Wildman–Crippen MR) is 182 cm³/mol. The summed E-state index contributed by atoms with van der Waals surface area (Å²) in [7, 11) is 0. The van der Waals surface area contributed by atoms with Crippen LogP contribution >= 0.6 is 11.8 Å². The Balaban J connectivity index is 1.42. The fourth-order valence-corrected chi connectivity index (χ4v) is 6.99. The van der Waals surface area contributed by atoms with Crippen molar-refractivity contribution in [3.05, 3.63) is 144 Å². The Labute approximate surface area is 283 Å². The van der Waals surface area contributed by atoms with Crippen LogP contribution in [0.15, 0.2) is 121 Å². The lowest BCUT2D eigenvalue weighted by atomic mass is 10.00. The van der Waals surface area contributed by atoms with E-state index in [1.165, 1.54) is 16.7 Å². The average molecular weight is 668 g/mol. The molecule has 1 aliphatic rings. The molecule has 0 aliphatic carbocycles. The first-order valence-corrected chi connectivity index (χ1v) is 16.6. The zero-order chi connectivity index (χ0) is 33.9. The number of ether oxygens (including phenoxy) is 1. The first-order valence-electron chi connectivity index (χ1n) is 15.5. The van der Waals surface area contributed by atoms with Gasteiger partial charge in [0.2, 0.25) is 11.8 Å². The summed E-state index contributed by atoms with van der Waals surface area (Å²) < 4.78 is 5.46. The molecule has 1 aliphatic heterocycles. The van der Waals surface area contributed by atoms with Crippen LogP contribution in [-0.4, -0.2) is 69.0 Å². The molecule has 11 heteroatoms. The molecule has 1 saturated heterocycles. The van der Waals surface area contributed by atoms with E-state index in [4.69, 9.17) is 4.74 Å². The summed E-state index contributed by atoms with van der Waals surface area (Å²) in [6.45, 7) is 0.00483. The third-order valence-corrected chi connectivity index (χ3v) is 9.31. The molecule has 4 N–H and O–H groups in total. The van der Waals surface area contributed by atoms with Crippen LogP contribution in [0.25, 0.3) is 0 Å². The first-order chi connectivity index (χ1) is 23.3. The minimum atomic E-state index is -1.89. The number of hydrogen-bond donors (Lipinski definition) is 4. The SMILES string of the molecule is O=C(N[C@@H](Cc1ccccc1)C(=O)N1C(c2ccccc2)SC[C@H]1C(=O)N[C@@H](Cc1ccccc1)C(O)C(=O)O)OCc1ccccc1. The summed E-state index contributed by atoms with van der Waals surface area (Å²) in [6.07, 6.45) is -2.48. The second-order valence-corrected chi connectivity index (χ2v) is 12.5. The number of aliphatic hydroxyl groups excluding tert-OH is 1. The van der Waals surface area contributed by atoms with Gasteiger partial charge in [-0.25, -0.2) is 9.59 Å². The largest absolute Gasteiger partial charge is 0.479 e. The number of benzene rings is 4. The molecule has 248 valence electrons. The lowest BCUT2D eigenvalue weighted by Gasteiger charge is -2.33. The maximum absolute atomic E-state index is 14.6. The third kappa shape index (κ3) is 9.02. The molecule has 0 spiro atoms. The summed E-state index contributed by atoms with van der Waals surface area (Å²) >= 11 is 1.39. The highest BCUT2D eigenvalue weighted by atomic mass is 32.2. The minimum Gasteiger partial charge on any atom is -0.479 e. The molecule has 1 heterocycles. The Kier molecular flexibility index (Phi) is 11.8. The van der Waals surface area contributed by atoms with Gasteiger partial charge in [-0.1, -0.05) is 121 Å². The normalized spacial score (nSPS) is 17.5. The van der Waals surface area contributed by atoms with Crippen molar-refractivity contribution < 1.29 is 34.1 Å². The van der Waals surface area contributed by atoms with E-state index in [2.05, 4.69) is 10.6 Å². The fraction of sp³-hybridized carbons (Fsp3) is 0.243. The Morgan fingerprint density at radius 3 is 1.83 bits per heavy atom. The zero-order valence-corrected chi connectivity index (χ0v) is 26.9. The van der Waals surface area contributed by atoms with Crippen molar-refractivity contribution in [3.8, 4) is 0 Å². The number of alkyl carbamates (subject to hydrolysis) is 1. The molecule has 0 saturated carbocycles. The third-order valence-electron chi connectivity index (χ3n) is 7.99. The molecule has 1 fully saturated rings. The van der Waals surface area contributed by atoms with Crippen molar-refractivity contribution in [2.24, 2.45) is 0 Å². The Hall–Kier alpha value is -5.13. The van der Waals surface area contributed by atoms with Crippen LogP contribution in [0.1, 0.15) is 27.6 Å². The van der Waals surface area contributed by atoms with Gasteiger partial charge in [0.25, 0.3) is 0 Å². The monoisotopic (exact) mass is 667 g/mol. The highest BCUT2D eigenvalue weighted by molar-refractivity contribution is 7.99. The summed E-state index contributed by atoms with van der Waals surface area (Å²) in [5, 5.41) is 25.1. The van der Waals surface area contributed by atoms with Crippen molar-refractivity contribution in [2.45, 2.75) is 49.1 Å². The summed E-state index contributed by atoms with van der Waals surface area (Å²) in [5.41, 5.74) is 3.07. The van der Waals surface area contributed by atoms with Gasteiger partial charge in [-0.3, -0.25) is 9.59 Å². The van der Waals surface area contributed by atoms with E-state index in [0.717, 1.165) is 22.3 Å². The smallest absolute Gasteiger partial charge is 0.408 e. The zero-order valence-electron chi connectivity index (χ0n) is 26.1. The number of carboxylic acid groups (broad SMARTS) is 1. The van der Waals surface area contributed by atoms with E-state index in [9.17, 15) is 29.4 Å². The number of aliphatic hydroxyl groups is 1. The van der Waals surface area contributed by atoms with Gasteiger partial charge in [-0.2, -0.15) is 0 Å². The minimum absolute atomic E-state index is 0.00483. The van der Waals surface area contributed by atoms with Crippen molar-refractivity contribution in [1.82, 2.24) is 15.5 Å². The van der Waals surface area contributed by atoms with Crippen LogP contribution in [0, 0.1) is 0 Å². The molecule has 4 aromatic rings. The van der Waals surface area contributed by atoms with E-state index in [1.54, 1.807) is 24.3 Å². The van der Waals surface area contributed by atoms with Crippen LogP contribution in [0.2, 0.25) is 0 Å². The maximum Gasteiger partial charge on any atom is 0.408 e. The predicted octanol–water partition coefficient (Wildman–Crippen LogP) is 4.34. The molecule has 2 unspecified atom stereocenters. The Bertz CT molecular complexity index is 1660. The number of carbonyl (C=O) groups is 4. The summed E-state index contributed by atoms with van der Waals surface area (Å²) in [4.78, 5) is 55.0. The van der Waals surface area contributed by atoms with Crippen LogP contribution in [0.4, 0.5) is 4.79 Å². The van der Waals surface area contributed by atoms with Gasteiger partial charge in [-0.05, 0) is 28.7 Å². The topological polar surface area (TPSA) is 145 Å². The van der Waals surface area contributed by atoms with Gasteiger partial charge in [0, 0.05) is 12.2 Å². The lowest BCUT2D eigenvalue weighted by molar-refractivity contribution is -0.149. The molecule has 3 amide bonds. The number of nitrogens with one attached hydrogen (secondary N) is 2. The maximum atomic E-state index is 14.6. The van der Waals surface area contributed by atoms with Crippen LogP contribution in [-0.2, 0) is 38.6 Å². The van der Waals surface area contributed by atoms with Gasteiger partial charge < -0.3 is 30.5 Å². The number of carboxylic acids is 1. The molecule has 48 heavy (non-hydrogen) atoms. The molecular weight excluding hydrogens is 630 g/mol. The lowest BCUT2D eigenvalue weighted by Crippen LogP contribution is -2.58. The van der Waals surface area contributed by atoms with Crippen molar-refractivity contribution in [1.29, 1.82) is 0 Å². The Morgan fingerprint density at radius 2 is 1.27 bits per heavy atom. The molecule has 0 aromatic heterocycles. The molecule has 5 atom stereocenters. The van der Waals surface area contributed by atoms with Crippen molar-refractivity contribution >= 4 is 35.6 Å². The van der Waals surface area contributed by atoms with Crippen molar-refractivity contribution in [2.75, 3.05) is 5.75 Å². The van der Waals surface area contributed by atoms with Gasteiger partial charge >= 0.3 is 12.1 Å².